The highest BCUT2D eigenvalue weighted by atomic mass is 32.2. The molecule has 1 aliphatic heterocycles. The number of anilines is 1. The molecule has 11 nitrogen and oxygen atoms in total. The summed E-state index contributed by atoms with van der Waals surface area (Å²) in [5.74, 6) is -2.30. The molecule has 13 heteroatoms. The zero-order valence-corrected chi connectivity index (χ0v) is 18.0. The molecule has 0 aliphatic carbocycles. The SMILES string of the molecule is O=C(CCn1c(=O)oc2cc(S(=O)(=O)N3CCCC3)ccc21)Nc1cc([N+](=O)[O-])ccc1F. The number of fused-ring (bicyclic) bond motifs is 1. The van der Waals surface area contributed by atoms with E-state index in [4.69, 9.17) is 4.42 Å². The first kappa shape index (κ1) is 22.6. The van der Waals surface area contributed by atoms with Crippen molar-refractivity contribution >= 4 is 38.4 Å². The summed E-state index contributed by atoms with van der Waals surface area (Å²) in [6, 6.07) is 6.83. The highest BCUT2D eigenvalue weighted by molar-refractivity contribution is 7.89. The van der Waals surface area contributed by atoms with Gasteiger partial charge in [-0.25, -0.2) is 17.6 Å². The molecule has 1 fully saturated rings. The zero-order chi connectivity index (χ0) is 23.8. The average Bonchev–Trinajstić information content (AvgIpc) is 3.41. The first-order valence-electron chi connectivity index (χ1n) is 10.0. The van der Waals surface area contributed by atoms with E-state index < -0.39 is 32.4 Å². The summed E-state index contributed by atoms with van der Waals surface area (Å²) in [5, 5.41) is 13.1. The monoisotopic (exact) mass is 478 g/mol. The van der Waals surface area contributed by atoms with Crippen LogP contribution >= 0.6 is 0 Å². The van der Waals surface area contributed by atoms with Crippen LogP contribution in [0, 0.1) is 15.9 Å². The maximum Gasteiger partial charge on any atom is 0.419 e. The van der Waals surface area contributed by atoms with Gasteiger partial charge in [-0.15, -0.1) is 0 Å². The molecule has 4 rings (SSSR count). The smallest absolute Gasteiger partial charge is 0.408 e. The minimum Gasteiger partial charge on any atom is -0.408 e. The number of nitro benzene ring substituents is 1. The van der Waals surface area contributed by atoms with Gasteiger partial charge in [0, 0.05) is 44.3 Å². The predicted molar refractivity (Wildman–Crippen MR) is 115 cm³/mol. The lowest BCUT2D eigenvalue weighted by Crippen LogP contribution is -2.27. The molecule has 0 saturated carbocycles. The van der Waals surface area contributed by atoms with Crippen LogP contribution in [0.25, 0.3) is 11.1 Å². The van der Waals surface area contributed by atoms with Crippen LogP contribution in [-0.2, 0) is 21.4 Å². The fraction of sp³-hybridized carbons (Fsp3) is 0.300. The third kappa shape index (κ3) is 4.50. The second kappa shape index (κ2) is 8.75. The first-order valence-corrected chi connectivity index (χ1v) is 11.5. The highest BCUT2D eigenvalue weighted by Gasteiger charge is 2.28. The van der Waals surface area contributed by atoms with E-state index in [0.717, 1.165) is 35.6 Å². The Bertz CT molecular complexity index is 1410. The van der Waals surface area contributed by atoms with Gasteiger partial charge in [0.05, 0.1) is 21.0 Å². The lowest BCUT2D eigenvalue weighted by atomic mass is 10.2. The number of oxazole rings is 1. The molecule has 2 aromatic carbocycles. The van der Waals surface area contributed by atoms with Crippen molar-refractivity contribution in [1.29, 1.82) is 0 Å². The largest absolute Gasteiger partial charge is 0.419 e. The summed E-state index contributed by atoms with van der Waals surface area (Å²) in [4.78, 5) is 34.6. The van der Waals surface area contributed by atoms with Crippen molar-refractivity contribution in [2.75, 3.05) is 18.4 Å². The predicted octanol–water partition coefficient (Wildman–Crippen LogP) is 2.46. The van der Waals surface area contributed by atoms with Crippen molar-refractivity contribution in [3.8, 4) is 0 Å². The number of aryl methyl sites for hydroxylation is 1. The molecule has 0 bridgehead atoms. The van der Waals surface area contributed by atoms with E-state index in [1.165, 1.54) is 22.5 Å². The Morgan fingerprint density at radius 3 is 2.61 bits per heavy atom. The Morgan fingerprint density at radius 2 is 1.91 bits per heavy atom. The van der Waals surface area contributed by atoms with Crippen molar-refractivity contribution in [3.63, 3.8) is 0 Å². The summed E-state index contributed by atoms with van der Waals surface area (Å²) >= 11 is 0. The normalized spacial score (nSPS) is 14.6. The molecule has 174 valence electrons. The number of sulfonamides is 1. The number of nitrogens with one attached hydrogen (secondary N) is 1. The zero-order valence-electron chi connectivity index (χ0n) is 17.2. The topological polar surface area (TPSA) is 145 Å². The summed E-state index contributed by atoms with van der Waals surface area (Å²) < 4.78 is 47.0. The quantitative estimate of drug-likeness (QED) is 0.406. The summed E-state index contributed by atoms with van der Waals surface area (Å²) in [5.41, 5.74) is -0.376. The number of non-ortho nitro benzene ring substituents is 1. The van der Waals surface area contributed by atoms with Gasteiger partial charge in [-0.05, 0) is 31.0 Å². The van der Waals surface area contributed by atoms with E-state index >= 15 is 0 Å². The van der Waals surface area contributed by atoms with Gasteiger partial charge in [0.1, 0.15) is 5.82 Å². The number of amides is 1. The highest BCUT2D eigenvalue weighted by Crippen LogP contribution is 2.25. The average molecular weight is 478 g/mol. The van der Waals surface area contributed by atoms with Crippen LogP contribution in [0.4, 0.5) is 15.8 Å². The molecule has 0 atom stereocenters. The van der Waals surface area contributed by atoms with Gasteiger partial charge in [-0.2, -0.15) is 4.31 Å². The van der Waals surface area contributed by atoms with E-state index in [0.29, 0.717) is 18.6 Å². The molecule has 1 aromatic heterocycles. The number of carbonyl (C=O) groups is 1. The molecular weight excluding hydrogens is 459 g/mol. The van der Waals surface area contributed by atoms with Crippen LogP contribution in [0.15, 0.2) is 50.5 Å². The van der Waals surface area contributed by atoms with Gasteiger partial charge in [-0.1, -0.05) is 0 Å². The van der Waals surface area contributed by atoms with E-state index in [2.05, 4.69) is 5.32 Å². The van der Waals surface area contributed by atoms with E-state index in [1.54, 1.807) is 0 Å². The Kier molecular flexibility index (Phi) is 5.99. The maximum absolute atomic E-state index is 13.9. The van der Waals surface area contributed by atoms with Crippen molar-refractivity contribution in [3.05, 3.63) is 62.9 Å². The number of hydrogen-bond acceptors (Lipinski definition) is 7. The van der Waals surface area contributed by atoms with Gasteiger partial charge in [0.2, 0.25) is 15.9 Å². The number of benzene rings is 2. The fourth-order valence-electron chi connectivity index (χ4n) is 3.65. The summed E-state index contributed by atoms with van der Waals surface area (Å²) in [7, 11) is -3.69. The molecule has 0 unspecified atom stereocenters. The Hall–Kier alpha value is -3.58. The van der Waals surface area contributed by atoms with E-state index in [1.807, 2.05) is 0 Å². The van der Waals surface area contributed by atoms with Crippen LogP contribution < -0.4 is 11.1 Å². The van der Waals surface area contributed by atoms with E-state index in [9.17, 15) is 32.5 Å². The lowest BCUT2D eigenvalue weighted by molar-refractivity contribution is -0.384. The second-order valence-corrected chi connectivity index (χ2v) is 9.42. The minimum absolute atomic E-state index is 0.0108. The number of halogens is 1. The standard InChI is InChI=1S/C20H19FN4O7S/c21-15-5-3-13(25(28)29)11-16(15)22-19(26)7-10-24-17-6-4-14(12-18(17)32-20(24)27)33(30,31)23-8-1-2-9-23/h3-6,11-12H,1-2,7-10H2,(H,22,26). The molecule has 0 radical (unpaired) electrons. The van der Waals surface area contributed by atoms with Crippen molar-refractivity contribution in [2.45, 2.75) is 30.7 Å². The molecule has 1 aliphatic rings. The number of nitro groups is 1. The summed E-state index contributed by atoms with van der Waals surface area (Å²) in [6.45, 7) is 0.740. The van der Waals surface area contributed by atoms with Crippen molar-refractivity contribution in [1.82, 2.24) is 8.87 Å². The third-order valence-electron chi connectivity index (χ3n) is 5.34. The molecule has 33 heavy (non-hydrogen) atoms. The van der Waals surface area contributed by atoms with Crippen LogP contribution in [-0.4, -0.2) is 41.2 Å². The second-order valence-electron chi connectivity index (χ2n) is 7.48. The van der Waals surface area contributed by atoms with Crippen molar-refractivity contribution < 1.29 is 26.9 Å². The Labute approximate surface area is 186 Å². The molecular formula is C20H19FN4O7S. The van der Waals surface area contributed by atoms with Gasteiger partial charge in [0.25, 0.3) is 5.69 Å². The van der Waals surface area contributed by atoms with Crippen LogP contribution in [0.5, 0.6) is 0 Å². The molecule has 2 heterocycles. The molecule has 1 saturated heterocycles. The Balaban J connectivity index is 1.51. The van der Waals surface area contributed by atoms with Crippen LogP contribution in [0.1, 0.15) is 19.3 Å². The first-order chi connectivity index (χ1) is 15.7. The van der Waals surface area contributed by atoms with Gasteiger partial charge in [0.15, 0.2) is 5.58 Å². The van der Waals surface area contributed by atoms with Crippen molar-refractivity contribution in [2.24, 2.45) is 0 Å². The number of nitrogens with zero attached hydrogens (tertiary/aromatic N) is 3. The number of carbonyl (C=O) groups excluding carboxylic acids is 1. The summed E-state index contributed by atoms with van der Waals surface area (Å²) in [6.07, 6.45) is 1.31. The number of rotatable bonds is 7. The van der Waals surface area contributed by atoms with Crippen LogP contribution in [0.3, 0.4) is 0 Å². The molecule has 1 N–H and O–H groups in total. The molecule has 1 amide bonds. The Morgan fingerprint density at radius 1 is 1.18 bits per heavy atom. The molecule has 0 spiro atoms. The van der Waals surface area contributed by atoms with Gasteiger partial charge >= 0.3 is 5.76 Å². The number of hydrogen-bond donors (Lipinski definition) is 1. The maximum atomic E-state index is 13.9. The third-order valence-corrected chi connectivity index (χ3v) is 7.23. The molecule has 3 aromatic rings. The minimum atomic E-state index is -3.69. The fourth-order valence-corrected chi connectivity index (χ4v) is 5.18. The van der Waals surface area contributed by atoms with E-state index in [-0.39, 0.29) is 34.8 Å². The van der Waals surface area contributed by atoms with Crippen LogP contribution in [0.2, 0.25) is 0 Å². The lowest BCUT2D eigenvalue weighted by Gasteiger charge is -2.15. The van der Waals surface area contributed by atoms with Gasteiger partial charge in [-0.3, -0.25) is 19.5 Å². The number of aromatic nitrogens is 1. The van der Waals surface area contributed by atoms with Gasteiger partial charge < -0.3 is 9.73 Å².